The molecule has 0 unspecified atom stereocenters. The van der Waals surface area contributed by atoms with Gasteiger partial charge in [-0.15, -0.1) is 0 Å². The average Bonchev–Trinajstić information content (AvgIpc) is 2.90. The number of amides is 1. The Kier molecular flexibility index (Phi) is 4.74. The predicted octanol–water partition coefficient (Wildman–Crippen LogP) is 4.98. The van der Waals surface area contributed by atoms with Crippen LogP contribution in [0, 0.1) is 6.92 Å². The lowest BCUT2D eigenvalue weighted by Crippen LogP contribution is -2.18. The fourth-order valence-corrected chi connectivity index (χ4v) is 2.73. The monoisotopic (exact) mass is 422 g/mol. The number of carbonyl (C=O) groups is 1. The van der Waals surface area contributed by atoms with Crippen LogP contribution in [-0.4, -0.2) is 20.5 Å². The number of halogens is 7. The molecule has 148 valence electrons. The number of rotatable bonds is 2. The number of benzene rings is 1. The number of alkyl halides is 6. The Morgan fingerprint density at radius 2 is 1.75 bits per heavy atom. The first-order valence-electron chi connectivity index (χ1n) is 7.50. The maximum atomic E-state index is 13.2. The average molecular weight is 423 g/mol. The number of nitrogens with zero attached hydrogens (tertiary/aromatic N) is 3. The fraction of sp³-hybridized carbons (Fsp3) is 0.188. The van der Waals surface area contributed by atoms with Gasteiger partial charge in [0.05, 0.1) is 11.3 Å². The molecule has 0 saturated carbocycles. The smallest absolute Gasteiger partial charge is 0.320 e. The van der Waals surface area contributed by atoms with Crippen LogP contribution in [0.25, 0.3) is 5.65 Å². The molecule has 5 nitrogen and oxygen atoms in total. The molecule has 0 spiro atoms. The quantitative estimate of drug-likeness (QED) is 0.592. The molecular formula is C16H9ClF6N4O. The zero-order valence-electron chi connectivity index (χ0n) is 13.8. The molecule has 12 heteroatoms. The standard InChI is InChI=1S/C16H9ClF6N4O/c1-7-6-10(16(21,22)23)27-13(24-7)11(17)12(26-27)14(28)25-9-5-3-2-4-8(9)15(18,19)20/h2-6H,1H3,(H,25,28). The van der Waals surface area contributed by atoms with Gasteiger partial charge in [0.1, 0.15) is 10.7 Å². The normalized spacial score (nSPS) is 12.4. The van der Waals surface area contributed by atoms with Crippen molar-refractivity contribution in [2.45, 2.75) is 19.3 Å². The van der Waals surface area contributed by atoms with Crippen LogP contribution in [0.5, 0.6) is 0 Å². The molecule has 2 aromatic heterocycles. The molecule has 28 heavy (non-hydrogen) atoms. The summed E-state index contributed by atoms with van der Waals surface area (Å²) in [5.74, 6) is -1.21. The highest BCUT2D eigenvalue weighted by Gasteiger charge is 2.37. The van der Waals surface area contributed by atoms with Crippen LogP contribution in [-0.2, 0) is 12.4 Å². The summed E-state index contributed by atoms with van der Waals surface area (Å²) in [5.41, 5.74) is -4.12. The first-order chi connectivity index (χ1) is 12.9. The van der Waals surface area contributed by atoms with E-state index >= 15 is 0 Å². The minimum Gasteiger partial charge on any atom is -0.320 e. The number of carbonyl (C=O) groups excluding carboxylic acids is 1. The zero-order valence-corrected chi connectivity index (χ0v) is 14.5. The second-order valence-electron chi connectivity index (χ2n) is 5.68. The first kappa shape index (κ1) is 19.9. The van der Waals surface area contributed by atoms with Gasteiger partial charge in [0, 0.05) is 5.69 Å². The summed E-state index contributed by atoms with van der Waals surface area (Å²) in [6, 6.07) is 4.82. The van der Waals surface area contributed by atoms with Gasteiger partial charge < -0.3 is 5.32 Å². The van der Waals surface area contributed by atoms with E-state index < -0.39 is 51.6 Å². The highest BCUT2D eigenvalue weighted by atomic mass is 35.5. The molecule has 2 heterocycles. The fourth-order valence-electron chi connectivity index (χ4n) is 2.48. The number of para-hydroxylation sites is 1. The van der Waals surface area contributed by atoms with Crippen LogP contribution in [0.3, 0.4) is 0 Å². The van der Waals surface area contributed by atoms with Crippen LogP contribution in [0.1, 0.15) is 27.4 Å². The van der Waals surface area contributed by atoms with Crippen LogP contribution in [0.15, 0.2) is 30.3 Å². The number of nitrogens with one attached hydrogen (secondary N) is 1. The van der Waals surface area contributed by atoms with Crippen molar-refractivity contribution < 1.29 is 31.1 Å². The van der Waals surface area contributed by atoms with Crippen LogP contribution in [0.2, 0.25) is 5.02 Å². The van der Waals surface area contributed by atoms with Crippen molar-refractivity contribution in [1.29, 1.82) is 0 Å². The predicted molar refractivity (Wildman–Crippen MR) is 87.1 cm³/mol. The highest BCUT2D eigenvalue weighted by Crippen LogP contribution is 2.35. The third-order valence-electron chi connectivity index (χ3n) is 3.65. The summed E-state index contributed by atoms with van der Waals surface area (Å²) in [6.07, 6.45) is -9.58. The minimum atomic E-state index is -4.82. The zero-order chi connectivity index (χ0) is 20.9. The van der Waals surface area contributed by atoms with Gasteiger partial charge in [0.15, 0.2) is 11.3 Å². The van der Waals surface area contributed by atoms with Gasteiger partial charge in [-0.05, 0) is 25.1 Å². The summed E-state index contributed by atoms with van der Waals surface area (Å²) in [5, 5.41) is 4.98. The Morgan fingerprint density at radius 1 is 1.11 bits per heavy atom. The minimum absolute atomic E-state index is 0.0315. The Labute approximate surface area is 157 Å². The first-order valence-corrected chi connectivity index (χ1v) is 7.88. The van der Waals surface area contributed by atoms with Gasteiger partial charge in [0.25, 0.3) is 5.91 Å². The topological polar surface area (TPSA) is 59.3 Å². The molecule has 3 rings (SSSR count). The molecule has 3 aromatic rings. The maximum Gasteiger partial charge on any atom is 0.433 e. The lowest BCUT2D eigenvalue weighted by molar-refractivity contribution is -0.142. The van der Waals surface area contributed by atoms with Crippen LogP contribution in [0.4, 0.5) is 32.0 Å². The van der Waals surface area contributed by atoms with Gasteiger partial charge in [-0.2, -0.15) is 31.4 Å². The van der Waals surface area contributed by atoms with Crippen LogP contribution >= 0.6 is 11.6 Å². The summed E-state index contributed by atoms with van der Waals surface area (Å²) in [4.78, 5) is 16.2. The van der Waals surface area contributed by atoms with E-state index in [0.717, 1.165) is 18.2 Å². The van der Waals surface area contributed by atoms with Crippen molar-refractivity contribution in [2.75, 3.05) is 5.32 Å². The number of anilines is 1. The Morgan fingerprint density at radius 3 is 2.36 bits per heavy atom. The third kappa shape index (κ3) is 3.61. The van der Waals surface area contributed by atoms with E-state index in [2.05, 4.69) is 10.1 Å². The van der Waals surface area contributed by atoms with E-state index in [1.54, 1.807) is 0 Å². The van der Waals surface area contributed by atoms with E-state index in [9.17, 15) is 31.1 Å². The molecule has 1 aromatic carbocycles. The van der Waals surface area contributed by atoms with Gasteiger partial charge in [-0.1, -0.05) is 23.7 Å². The number of fused-ring (bicyclic) bond motifs is 1. The van der Waals surface area contributed by atoms with E-state index in [-0.39, 0.29) is 5.69 Å². The van der Waals surface area contributed by atoms with Gasteiger partial charge >= 0.3 is 12.4 Å². The molecule has 0 fully saturated rings. The molecule has 0 aliphatic heterocycles. The molecule has 0 radical (unpaired) electrons. The van der Waals surface area contributed by atoms with E-state index in [1.807, 2.05) is 5.32 Å². The molecule has 0 bridgehead atoms. The second kappa shape index (κ2) is 6.66. The Hall–Kier alpha value is -2.82. The molecule has 1 amide bonds. The second-order valence-corrected chi connectivity index (χ2v) is 6.05. The lowest BCUT2D eigenvalue weighted by Gasteiger charge is -2.12. The number of hydrogen-bond acceptors (Lipinski definition) is 3. The van der Waals surface area contributed by atoms with Gasteiger partial charge in [0.2, 0.25) is 0 Å². The van der Waals surface area contributed by atoms with Crippen molar-refractivity contribution >= 4 is 28.8 Å². The highest BCUT2D eigenvalue weighted by molar-refractivity contribution is 6.37. The molecule has 0 aliphatic rings. The van der Waals surface area contributed by atoms with Crippen molar-refractivity contribution in [1.82, 2.24) is 14.6 Å². The van der Waals surface area contributed by atoms with Crippen molar-refractivity contribution in [2.24, 2.45) is 0 Å². The summed E-state index contributed by atoms with van der Waals surface area (Å²) in [7, 11) is 0. The number of hydrogen-bond donors (Lipinski definition) is 1. The molecule has 0 saturated heterocycles. The van der Waals surface area contributed by atoms with E-state index in [4.69, 9.17) is 11.6 Å². The van der Waals surface area contributed by atoms with Crippen molar-refractivity contribution in [3.05, 3.63) is 58.0 Å². The molecule has 0 atom stereocenters. The maximum absolute atomic E-state index is 13.2. The van der Waals surface area contributed by atoms with Crippen LogP contribution < -0.4 is 5.32 Å². The summed E-state index contributed by atoms with van der Waals surface area (Å²) in [6.45, 7) is 1.29. The molecular weight excluding hydrogens is 414 g/mol. The Bertz CT molecular complexity index is 1070. The lowest BCUT2D eigenvalue weighted by atomic mass is 10.1. The summed E-state index contributed by atoms with van der Waals surface area (Å²) < 4.78 is 79.1. The largest absolute Gasteiger partial charge is 0.433 e. The molecule has 0 aliphatic carbocycles. The molecule has 1 N–H and O–H groups in total. The number of aromatic nitrogens is 3. The Balaban J connectivity index is 2.08. The van der Waals surface area contributed by atoms with Gasteiger partial charge in [-0.25, -0.2) is 9.50 Å². The van der Waals surface area contributed by atoms with E-state index in [1.165, 1.54) is 13.0 Å². The van der Waals surface area contributed by atoms with Gasteiger partial charge in [-0.3, -0.25) is 4.79 Å². The number of aryl methyl sites for hydroxylation is 1. The third-order valence-corrected chi connectivity index (χ3v) is 4.00. The van der Waals surface area contributed by atoms with Crippen molar-refractivity contribution in [3.8, 4) is 0 Å². The summed E-state index contributed by atoms with van der Waals surface area (Å²) >= 11 is 5.95. The van der Waals surface area contributed by atoms with Crippen molar-refractivity contribution in [3.63, 3.8) is 0 Å². The van der Waals surface area contributed by atoms with E-state index in [0.29, 0.717) is 10.6 Å². The SMILES string of the molecule is Cc1cc(C(F)(F)F)n2nc(C(=O)Nc3ccccc3C(F)(F)F)c(Cl)c2n1.